The molecule has 4 aromatic rings. The number of aliphatic imine (C=N–C) groups is 1. The number of thiazole rings is 1. The van der Waals surface area contributed by atoms with Crippen LogP contribution in [0.2, 0.25) is 0 Å². The normalized spacial score (nSPS) is 12.3. The Morgan fingerprint density at radius 2 is 1.91 bits per heavy atom. The first-order valence-electron chi connectivity index (χ1n) is 9.81. The minimum Gasteiger partial charge on any atom is -0.494 e. The number of nitrogens with one attached hydrogen (secondary N) is 1. The lowest BCUT2D eigenvalue weighted by atomic mass is 10.0. The van der Waals surface area contributed by atoms with E-state index in [4.69, 9.17) is 5.14 Å². The minimum absolute atomic E-state index is 0.0219. The molecule has 4 N–H and O–H groups in total. The second kappa shape index (κ2) is 9.10. The predicted molar refractivity (Wildman–Crippen MR) is 131 cm³/mol. The summed E-state index contributed by atoms with van der Waals surface area (Å²) in [6, 6.07) is 11.4. The summed E-state index contributed by atoms with van der Waals surface area (Å²) in [6.45, 7) is 2.18. The Labute approximate surface area is 193 Å². The number of H-pyrrole nitrogens is 1. The third-order valence-electron chi connectivity index (χ3n) is 5.02. The summed E-state index contributed by atoms with van der Waals surface area (Å²) < 4.78 is 22.7. The van der Waals surface area contributed by atoms with Crippen LogP contribution < -0.4 is 10.7 Å². The van der Waals surface area contributed by atoms with Crippen LogP contribution in [0.4, 0.5) is 0 Å². The number of aromatic amines is 1. The molecule has 2 aromatic heterocycles. The van der Waals surface area contributed by atoms with E-state index in [-0.39, 0.29) is 17.3 Å². The summed E-state index contributed by atoms with van der Waals surface area (Å²) in [4.78, 5) is 24.4. The number of fused-ring (bicyclic) bond motifs is 1. The molecule has 0 aliphatic carbocycles. The number of sulfonamides is 1. The van der Waals surface area contributed by atoms with Crippen molar-refractivity contribution in [2.75, 3.05) is 0 Å². The van der Waals surface area contributed by atoms with Gasteiger partial charge in [0, 0.05) is 21.9 Å². The maximum atomic E-state index is 12.3. The monoisotopic (exact) mass is 480 g/mol. The van der Waals surface area contributed by atoms with E-state index in [1.165, 1.54) is 29.7 Å². The van der Waals surface area contributed by atoms with Crippen molar-refractivity contribution in [2.24, 2.45) is 10.1 Å². The first kappa shape index (κ1) is 22.6. The first-order valence-corrected chi connectivity index (χ1v) is 12.2. The van der Waals surface area contributed by atoms with Gasteiger partial charge in [0.1, 0.15) is 0 Å². The van der Waals surface area contributed by atoms with Gasteiger partial charge in [0.05, 0.1) is 28.2 Å². The van der Waals surface area contributed by atoms with E-state index in [0.717, 1.165) is 21.7 Å². The van der Waals surface area contributed by atoms with Crippen LogP contribution in [-0.4, -0.2) is 29.7 Å². The highest BCUT2D eigenvalue weighted by molar-refractivity contribution is 7.89. The number of hydrogen-bond donors (Lipinski definition) is 3. The van der Waals surface area contributed by atoms with Gasteiger partial charge in [0.15, 0.2) is 0 Å². The number of primary sulfonamides is 1. The van der Waals surface area contributed by atoms with Crippen LogP contribution in [0.25, 0.3) is 22.9 Å². The molecule has 0 saturated heterocycles. The maximum absolute atomic E-state index is 12.3. The summed E-state index contributed by atoms with van der Waals surface area (Å²) in [6.07, 6.45) is 5.37. The Balaban J connectivity index is 1.65. The maximum Gasteiger partial charge on any atom is 0.258 e. The molecule has 0 radical (unpaired) electrons. The summed E-state index contributed by atoms with van der Waals surface area (Å²) >= 11 is 1.54. The van der Waals surface area contributed by atoms with Crippen molar-refractivity contribution in [3.63, 3.8) is 0 Å². The number of aryl methyl sites for hydroxylation is 1. The molecule has 0 aliphatic rings. The molecular formula is C23H20N4O4S2. The fourth-order valence-corrected chi connectivity index (χ4v) is 4.47. The van der Waals surface area contributed by atoms with Crippen LogP contribution in [0.5, 0.6) is 5.88 Å². The van der Waals surface area contributed by atoms with Gasteiger partial charge in [-0.25, -0.2) is 18.5 Å². The molecule has 0 spiro atoms. The number of nitrogens with zero attached hydrogens (tertiary/aromatic N) is 2. The van der Waals surface area contributed by atoms with Crippen molar-refractivity contribution < 1.29 is 13.5 Å². The zero-order valence-corrected chi connectivity index (χ0v) is 19.2. The van der Waals surface area contributed by atoms with Crippen LogP contribution in [0, 0.1) is 6.92 Å². The SMILES string of the molecule is Cc1ncsc1/C=C/c1ccc2c(=O)[nH]c(O)c(C=NCc3ccc(S(N)(=O)=O)cc3)c2c1. The third-order valence-corrected chi connectivity index (χ3v) is 6.85. The first-order chi connectivity index (χ1) is 15.7. The van der Waals surface area contributed by atoms with Crippen LogP contribution >= 0.6 is 11.3 Å². The molecule has 0 bridgehead atoms. The van der Waals surface area contributed by atoms with Crippen LogP contribution in [0.15, 0.2) is 62.7 Å². The molecule has 8 nitrogen and oxygen atoms in total. The zero-order chi connectivity index (χ0) is 23.6. The van der Waals surface area contributed by atoms with Gasteiger partial charge in [-0.3, -0.25) is 14.8 Å². The van der Waals surface area contributed by atoms with Crippen molar-refractivity contribution in [3.8, 4) is 5.88 Å². The molecule has 4 rings (SSSR count). The van der Waals surface area contributed by atoms with Crippen LogP contribution in [-0.2, 0) is 16.6 Å². The average molecular weight is 481 g/mol. The lowest BCUT2D eigenvalue weighted by Gasteiger charge is -2.06. The molecule has 168 valence electrons. The van der Waals surface area contributed by atoms with E-state index in [0.29, 0.717) is 16.3 Å². The number of nitrogens with two attached hydrogens (primary N) is 1. The largest absolute Gasteiger partial charge is 0.494 e. The summed E-state index contributed by atoms with van der Waals surface area (Å²) in [5, 5.41) is 16.5. The molecule has 0 atom stereocenters. The number of aromatic hydroxyl groups is 1. The van der Waals surface area contributed by atoms with E-state index in [1.54, 1.807) is 23.7 Å². The quantitative estimate of drug-likeness (QED) is 0.363. The molecule has 0 amide bonds. The molecule has 0 unspecified atom stereocenters. The van der Waals surface area contributed by atoms with Gasteiger partial charge in [-0.1, -0.05) is 24.3 Å². The fourth-order valence-electron chi connectivity index (χ4n) is 3.26. The van der Waals surface area contributed by atoms with Crippen molar-refractivity contribution >= 4 is 50.5 Å². The Bertz CT molecular complexity index is 1550. The highest BCUT2D eigenvalue weighted by Gasteiger charge is 2.10. The second-order valence-electron chi connectivity index (χ2n) is 7.32. The zero-order valence-electron chi connectivity index (χ0n) is 17.5. The Morgan fingerprint density at radius 1 is 1.15 bits per heavy atom. The Kier molecular flexibility index (Phi) is 6.23. The lowest BCUT2D eigenvalue weighted by Crippen LogP contribution is -2.11. The van der Waals surface area contributed by atoms with E-state index in [1.807, 2.05) is 31.2 Å². The smallest absolute Gasteiger partial charge is 0.258 e. The van der Waals surface area contributed by atoms with Gasteiger partial charge in [-0.2, -0.15) is 0 Å². The molecule has 33 heavy (non-hydrogen) atoms. The Hall–Kier alpha value is -3.60. The van der Waals surface area contributed by atoms with Crippen molar-refractivity contribution in [1.29, 1.82) is 0 Å². The highest BCUT2D eigenvalue weighted by atomic mass is 32.2. The van der Waals surface area contributed by atoms with Gasteiger partial charge in [0.2, 0.25) is 15.9 Å². The topological polar surface area (TPSA) is 138 Å². The number of rotatable bonds is 6. The summed E-state index contributed by atoms with van der Waals surface area (Å²) in [7, 11) is -3.76. The van der Waals surface area contributed by atoms with Crippen molar-refractivity contribution in [3.05, 3.63) is 85.6 Å². The van der Waals surface area contributed by atoms with E-state index < -0.39 is 15.6 Å². The van der Waals surface area contributed by atoms with Gasteiger partial charge < -0.3 is 5.11 Å². The summed E-state index contributed by atoms with van der Waals surface area (Å²) in [5.74, 6) is -0.278. The third kappa shape index (κ3) is 5.08. The van der Waals surface area contributed by atoms with E-state index in [2.05, 4.69) is 15.0 Å². The van der Waals surface area contributed by atoms with Crippen molar-refractivity contribution in [1.82, 2.24) is 9.97 Å². The predicted octanol–water partition coefficient (Wildman–Crippen LogP) is 3.44. The number of benzene rings is 2. The summed E-state index contributed by atoms with van der Waals surface area (Å²) in [5.41, 5.74) is 4.33. The van der Waals surface area contributed by atoms with Gasteiger partial charge in [-0.15, -0.1) is 11.3 Å². The molecular weight excluding hydrogens is 460 g/mol. The average Bonchev–Trinajstić information content (AvgIpc) is 3.18. The number of aromatic nitrogens is 2. The van der Waals surface area contributed by atoms with E-state index >= 15 is 0 Å². The number of pyridine rings is 1. The molecule has 10 heteroatoms. The molecule has 2 aromatic carbocycles. The molecule has 0 aliphatic heterocycles. The van der Waals surface area contributed by atoms with Gasteiger partial charge in [0.25, 0.3) is 5.56 Å². The molecule has 0 fully saturated rings. The standard InChI is InChI=1S/C23H20N4O4S2/c1-14-21(32-13-26-14)9-5-15-4-8-18-19(10-15)20(23(29)27-22(18)28)12-25-11-16-2-6-17(7-3-16)33(24,30)31/h2-10,12-13H,11H2,1H3,(H2,24,30,31)(H2,27,28,29)/b9-5+,25-12?. The van der Waals surface area contributed by atoms with Gasteiger partial charge >= 0.3 is 0 Å². The van der Waals surface area contributed by atoms with Crippen LogP contribution in [0.1, 0.15) is 27.3 Å². The minimum atomic E-state index is -3.76. The fraction of sp³-hybridized carbons (Fsp3) is 0.0870. The van der Waals surface area contributed by atoms with Crippen LogP contribution in [0.3, 0.4) is 0 Å². The Morgan fingerprint density at radius 3 is 2.58 bits per heavy atom. The lowest BCUT2D eigenvalue weighted by molar-refractivity contribution is 0.452. The molecule has 0 saturated carbocycles. The van der Waals surface area contributed by atoms with E-state index in [9.17, 15) is 18.3 Å². The second-order valence-corrected chi connectivity index (χ2v) is 9.76. The van der Waals surface area contributed by atoms with Crippen molar-refractivity contribution in [2.45, 2.75) is 18.4 Å². The van der Waals surface area contributed by atoms with Gasteiger partial charge in [-0.05, 0) is 48.4 Å². The highest BCUT2D eigenvalue weighted by Crippen LogP contribution is 2.24. The number of hydrogen-bond acceptors (Lipinski definition) is 7. The molecule has 2 heterocycles.